The first-order chi connectivity index (χ1) is 12.0. The van der Waals surface area contributed by atoms with Crippen molar-refractivity contribution in [2.45, 2.75) is 26.8 Å². The Balaban J connectivity index is 1.58. The molecule has 1 N–H and O–H groups in total. The maximum absolute atomic E-state index is 12.6. The number of imidazole rings is 1. The number of carbonyl (C=O) groups excluding carboxylic acids is 1. The number of amides is 1. The Kier molecular flexibility index (Phi) is 3.69. The number of rotatable bonds is 3. The van der Waals surface area contributed by atoms with E-state index < -0.39 is 0 Å². The summed E-state index contributed by atoms with van der Waals surface area (Å²) in [7, 11) is 0. The minimum Gasteiger partial charge on any atom is -0.344 e. The van der Waals surface area contributed by atoms with Gasteiger partial charge in [0.05, 0.1) is 40.4 Å². The molecule has 3 heterocycles. The van der Waals surface area contributed by atoms with Gasteiger partial charge >= 0.3 is 0 Å². The van der Waals surface area contributed by atoms with Gasteiger partial charge in [-0.3, -0.25) is 4.79 Å². The van der Waals surface area contributed by atoms with Crippen LogP contribution in [0.1, 0.15) is 40.4 Å². The predicted molar refractivity (Wildman–Crippen MR) is 95.8 cm³/mol. The standard InChI is InChI=1S/C17H16N6OS/c1-9-10(2)20-14-6-12(4-5-13(14)19-9)16(24)21-11(3)15-7-23-17(22-15)25-8-18-23/h4-8,11H,1-3H3,(H,21,24). The number of nitrogens with zero attached hydrogens (tertiary/aromatic N) is 5. The first-order valence-corrected chi connectivity index (χ1v) is 8.74. The second-order valence-electron chi connectivity index (χ2n) is 5.92. The zero-order chi connectivity index (χ0) is 17.6. The quantitative estimate of drug-likeness (QED) is 0.613. The lowest BCUT2D eigenvalue weighted by molar-refractivity contribution is 0.0939. The highest BCUT2D eigenvalue weighted by Crippen LogP contribution is 2.18. The number of hydrogen-bond acceptors (Lipinski definition) is 6. The third kappa shape index (κ3) is 2.85. The number of aromatic nitrogens is 5. The lowest BCUT2D eigenvalue weighted by Gasteiger charge is -2.12. The van der Waals surface area contributed by atoms with Crippen LogP contribution in [0.2, 0.25) is 0 Å². The lowest BCUT2D eigenvalue weighted by atomic mass is 10.1. The molecule has 0 aliphatic carbocycles. The number of benzene rings is 1. The molecule has 1 aromatic carbocycles. The molecule has 0 saturated carbocycles. The molecule has 1 atom stereocenters. The van der Waals surface area contributed by atoms with E-state index in [1.54, 1.807) is 22.2 Å². The Bertz CT molecular complexity index is 1070. The zero-order valence-electron chi connectivity index (χ0n) is 14.0. The molecule has 8 heteroatoms. The molecule has 0 fully saturated rings. The highest BCUT2D eigenvalue weighted by Gasteiger charge is 2.16. The molecular formula is C17H16N6OS. The average molecular weight is 352 g/mol. The molecule has 3 aromatic heterocycles. The van der Waals surface area contributed by atoms with Gasteiger partial charge in [0.25, 0.3) is 5.91 Å². The predicted octanol–water partition coefficient (Wildman–Crippen LogP) is 2.84. The molecular weight excluding hydrogens is 336 g/mol. The molecule has 1 unspecified atom stereocenters. The van der Waals surface area contributed by atoms with Crippen LogP contribution in [-0.2, 0) is 0 Å². The van der Waals surface area contributed by atoms with Crippen molar-refractivity contribution in [3.8, 4) is 0 Å². The van der Waals surface area contributed by atoms with Gasteiger partial charge in [-0.15, -0.1) is 0 Å². The van der Waals surface area contributed by atoms with Crippen molar-refractivity contribution in [1.29, 1.82) is 0 Å². The smallest absolute Gasteiger partial charge is 0.251 e. The SMILES string of the molecule is Cc1nc2ccc(C(=O)NC(C)c3cn4ncsc4n3)cc2nc1C. The summed E-state index contributed by atoms with van der Waals surface area (Å²) in [5.74, 6) is -0.168. The average Bonchev–Trinajstić information content (AvgIpc) is 3.17. The fourth-order valence-electron chi connectivity index (χ4n) is 2.59. The molecule has 0 spiro atoms. The van der Waals surface area contributed by atoms with Crippen molar-refractivity contribution in [2.75, 3.05) is 0 Å². The monoisotopic (exact) mass is 352 g/mol. The van der Waals surface area contributed by atoms with Crippen LogP contribution >= 0.6 is 11.3 Å². The van der Waals surface area contributed by atoms with Crippen molar-refractivity contribution < 1.29 is 4.79 Å². The van der Waals surface area contributed by atoms with Gasteiger partial charge in [0.1, 0.15) is 5.51 Å². The normalized spacial score (nSPS) is 12.6. The summed E-state index contributed by atoms with van der Waals surface area (Å²) >= 11 is 1.46. The van der Waals surface area contributed by atoms with Gasteiger partial charge < -0.3 is 5.32 Å². The van der Waals surface area contributed by atoms with E-state index in [2.05, 4.69) is 25.4 Å². The van der Waals surface area contributed by atoms with E-state index in [1.807, 2.05) is 33.0 Å². The Morgan fingerprint density at radius 2 is 1.92 bits per heavy atom. The topological polar surface area (TPSA) is 85.1 Å². The zero-order valence-corrected chi connectivity index (χ0v) is 14.8. The molecule has 0 aliphatic heterocycles. The molecule has 4 aromatic rings. The molecule has 1 amide bonds. The van der Waals surface area contributed by atoms with Crippen molar-refractivity contribution in [2.24, 2.45) is 0 Å². The summed E-state index contributed by atoms with van der Waals surface area (Å²) in [4.78, 5) is 26.9. The number of carbonyl (C=O) groups is 1. The van der Waals surface area contributed by atoms with E-state index >= 15 is 0 Å². The van der Waals surface area contributed by atoms with E-state index in [1.165, 1.54) is 11.3 Å². The first kappa shape index (κ1) is 15.6. The first-order valence-electron chi connectivity index (χ1n) is 7.86. The highest BCUT2D eigenvalue weighted by atomic mass is 32.1. The molecule has 25 heavy (non-hydrogen) atoms. The van der Waals surface area contributed by atoms with Crippen molar-refractivity contribution in [3.63, 3.8) is 0 Å². The highest BCUT2D eigenvalue weighted by molar-refractivity contribution is 7.14. The van der Waals surface area contributed by atoms with Gasteiger partial charge in [0.2, 0.25) is 4.96 Å². The van der Waals surface area contributed by atoms with Crippen LogP contribution in [0.5, 0.6) is 0 Å². The summed E-state index contributed by atoms with van der Waals surface area (Å²) in [6, 6.07) is 5.14. The second-order valence-corrected chi connectivity index (χ2v) is 6.74. The molecule has 0 saturated heterocycles. The molecule has 0 radical (unpaired) electrons. The van der Waals surface area contributed by atoms with Crippen molar-refractivity contribution in [3.05, 3.63) is 52.6 Å². The van der Waals surface area contributed by atoms with E-state index in [9.17, 15) is 4.79 Å². The van der Waals surface area contributed by atoms with Gasteiger partial charge in [-0.25, -0.2) is 19.5 Å². The summed E-state index contributed by atoms with van der Waals surface area (Å²) in [5.41, 5.74) is 6.32. The Hall–Kier alpha value is -2.87. The minimum absolute atomic E-state index is 0.168. The van der Waals surface area contributed by atoms with Gasteiger partial charge in [-0.05, 0) is 39.0 Å². The Morgan fingerprint density at radius 1 is 1.16 bits per heavy atom. The summed E-state index contributed by atoms with van der Waals surface area (Å²) < 4.78 is 1.71. The van der Waals surface area contributed by atoms with Gasteiger partial charge in [0, 0.05) is 5.56 Å². The van der Waals surface area contributed by atoms with Crippen LogP contribution in [-0.4, -0.2) is 30.5 Å². The maximum atomic E-state index is 12.6. The van der Waals surface area contributed by atoms with E-state index in [-0.39, 0.29) is 11.9 Å². The fraction of sp³-hybridized carbons (Fsp3) is 0.235. The minimum atomic E-state index is -0.220. The van der Waals surface area contributed by atoms with Gasteiger partial charge in [-0.2, -0.15) is 5.10 Å². The molecule has 0 aliphatic rings. The third-order valence-electron chi connectivity index (χ3n) is 4.13. The second kappa shape index (κ2) is 5.89. The largest absolute Gasteiger partial charge is 0.344 e. The van der Waals surface area contributed by atoms with E-state index in [0.717, 1.165) is 33.1 Å². The van der Waals surface area contributed by atoms with Crippen molar-refractivity contribution >= 4 is 33.2 Å². The number of aryl methyl sites for hydroxylation is 2. The Morgan fingerprint density at radius 3 is 2.68 bits per heavy atom. The number of fused-ring (bicyclic) bond motifs is 2. The van der Waals surface area contributed by atoms with Crippen LogP contribution in [0.4, 0.5) is 0 Å². The Labute approximate surface area is 147 Å². The summed E-state index contributed by atoms with van der Waals surface area (Å²) in [6.45, 7) is 5.74. The van der Waals surface area contributed by atoms with Crippen LogP contribution in [0.15, 0.2) is 29.9 Å². The molecule has 126 valence electrons. The number of hydrogen-bond donors (Lipinski definition) is 1. The molecule has 0 bridgehead atoms. The maximum Gasteiger partial charge on any atom is 0.251 e. The van der Waals surface area contributed by atoms with Crippen LogP contribution in [0.3, 0.4) is 0 Å². The molecule has 7 nitrogen and oxygen atoms in total. The van der Waals surface area contributed by atoms with E-state index in [0.29, 0.717) is 5.56 Å². The van der Waals surface area contributed by atoms with Crippen LogP contribution in [0.25, 0.3) is 16.0 Å². The lowest BCUT2D eigenvalue weighted by Crippen LogP contribution is -2.26. The van der Waals surface area contributed by atoms with E-state index in [4.69, 9.17) is 0 Å². The fourth-order valence-corrected chi connectivity index (χ4v) is 3.20. The summed E-state index contributed by atoms with van der Waals surface area (Å²) in [6.07, 6.45) is 1.83. The van der Waals surface area contributed by atoms with Gasteiger partial charge in [0.15, 0.2) is 0 Å². The summed E-state index contributed by atoms with van der Waals surface area (Å²) in [5, 5.41) is 7.12. The van der Waals surface area contributed by atoms with Gasteiger partial charge in [-0.1, -0.05) is 11.3 Å². The third-order valence-corrected chi connectivity index (χ3v) is 4.82. The molecule has 4 rings (SSSR count). The van der Waals surface area contributed by atoms with Crippen molar-refractivity contribution in [1.82, 2.24) is 29.9 Å². The van der Waals surface area contributed by atoms with Crippen LogP contribution < -0.4 is 5.32 Å². The van der Waals surface area contributed by atoms with Crippen LogP contribution in [0, 0.1) is 13.8 Å². The number of nitrogens with one attached hydrogen (secondary N) is 1.